The molecule has 0 bridgehead atoms. The van der Waals surface area contributed by atoms with Crippen molar-refractivity contribution in [1.82, 2.24) is 4.90 Å². The van der Waals surface area contributed by atoms with Gasteiger partial charge < -0.3 is 0 Å². The topological polar surface area (TPSA) is 3.24 Å². The average Bonchev–Trinajstić information content (AvgIpc) is 2.49. The molecule has 0 aromatic carbocycles. The number of hydrogen-bond donors (Lipinski definition) is 0. The Bertz CT molecular complexity index is 152. The van der Waals surface area contributed by atoms with Gasteiger partial charge in [0.1, 0.15) is 0 Å². The van der Waals surface area contributed by atoms with E-state index in [1.807, 2.05) is 11.8 Å². The maximum Gasteiger partial charge on any atom is 0.0124 e. The van der Waals surface area contributed by atoms with Crippen molar-refractivity contribution in [1.29, 1.82) is 0 Å². The molecule has 14 heavy (non-hydrogen) atoms. The minimum atomic E-state index is 0.717. The fraction of sp³-hybridized carbons (Fsp3) is 1.00. The number of hydrogen-bond acceptors (Lipinski definition) is 2. The van der Waals surface area contributed by atoms with Gasteiger partial charge in [0.05, 0.1) is 0 Å². The van der Waals surface area contributed by atoms with Gasteiger partial charge in [-0.1, -0.05) is 13.8 Å². The minimum Gasteiger partial charge on any atom is -0.297 e. The van der Waals surface area contributed by atoms with Crippen molar-refractivity contribution in [2.75, 3.05) is 18.6 Å². The molecule has 1 saturated heterocycles. The molecule has 0 N–H and O–H groups in total. The lowest BCUT2D eigenvalue weighted by Gasteiger charge is -2.30. The summed E-state index contributed by atoms with van der Waals surface area (Å²) in [7, 11) is 0. The van der Waals surface area contributed by atoms with E-state index >= 15 is 0 Å². The smallest absolute Gasteiger partial charge is 0.0124 e. The molecule has 0 aliphatic carbocycles. The van der Waals surface area contributed by atoms with Crippen LogP contribution in [0.25, 0.3) is 0 Å². The highest BCUT2D eigenvalue weighted by molar-refractivity contribution is 7.98. The standard InChI is InChI=1S/C12H25NS/c1-9(2)12-6-11(8-14-5)7-13(12)10(3)4/h9-12H,6-8H2,1-5H3. The molecule has 0 spiro atoms. The third kappa shape index (κ3) is 2.90. The first-order chi connectivity index (χ1) is 6.56. The predicted molar refractivity (Wildman–Crippen MR) is 67.0 cm³/mol. The summed E-state index contributed by atoms with van der Waals surface area (Å²) in [4.78, 5) is 2.70. The largest absolute Gasteiger partial charge is 0.297 e. The van der Waals surface area contributed by atoms with Crippen molar-refractivity contribution in [3.63, 3.8) is 0 Å². The fourth-order valence-corrected chi connectivity index (χ4v) is 3.30. The van der Waals surface area contributed by atoms with Crippen LogP contribution in [0.5, 0.6) is 0 Å². The van der Waals surface area contributed by atoms with Crippen LogP contribution in [0.4, 0.5) is 0 Å². The van der Waals surface area contributed by atoms with Crippen LogP contribution in [0, 0.1) is 11.8 Å². The Labute approximate surface area is 93.6 Å². The molecule has 1 heterocycles. The zero-order valence-corrected chi connectivity index (χ0v) is 11.1. The summed E-state index contributed by atoms with van der Waals surface area (Å²) in [5, 5.41) is 0. The molecule has 1 fully saturated rings. The van der Waals surface area contributed by atoms with Gasteiger partial charge >= 0.3 is 0 Å². The lowest BCUT2D eigenvalue weighted by Crippen LogP contribution is -2.38. The van der Waals surface area contributed by atoms with Gasteiger partial charge in [0.25, 0.3) is 0 Å². The lowest BCUT2D eigenvalue weighted by molar-refractivity contribution is 0.164. The van der Waals surface area contributed by atoms with E-state index in [4.69, 9.17) is 0 Å². The van der Waals surface area contributed by atoms with Crippen molar-refractivity contribution in [2.24, 2.45) is 11.8 Å². The molecule has 0 radical (unpaired) electrons. The van der Waals surface area contributed by atoms with Crippen LogP contribution in [0.2, 0.25) is 0 Å². The van der Waals surface area contributed by atoms with Crippen LogP contribution in [0.3, 0.4) is 0 Å². The molecule has 0 aromatic heterocycles. The second kappa shape index (κ2) is 5.41. The molecule has 1 rings (SSSR count). The molecular weight excluding hydrogens is 190 g/mol. The number of thioether (sulfide) groups is 1. The third-order valence-corrected chi connectivity index (χ3v) is 4.11. The van der Waals surface area contributed by atoms with Crippen molar-refractivity contribution in [3.8, 4) is 0 Å². The van der Waals surface area contributed by atoms with E-state index in [0.29, 0.717) is 6.04 Å². The van der Waals surface area contributed by atoms with E-state index in [2.05, 4.69) is 38.9 Å². The Balaban J connectivity index is 2.56. The first kappa shape index (κ1) is 12.4. The SMILES string of the molecule is CSCC1CC(C(C)C)N(C(C)C)C1. The summed E-state index contributed by atoms with van der Waals surface area (Å²) >= 11 is 2.00. The van der Waals surface area contributed by atoms with Crippen molar-refractivity contribution >= 4 is 11.8 Å². The molecular formula is C12H25NS. The maximum absolute atomic E-state index is 2.70. The number of rotatable bonds is 4. The Hall–Kier alpha value is 0.310. The Morgan fingerprint density at radius 3 is 2.29 bits per heavy atom. The van der Waals surface area contributed by atoms with Crippen molar-refractivity contribution in [3.05, 3.63) is 0 Å². The predicted octanol–water partition coefficient (Wildman–Crippen LogP) is 3.10. The second-order valence-electron chi connectivity index (χ2n) is 5.16. The Morgan fingerprint density at radius 2 is 1.93 bits per heavy atom. The molecule has 1 aliphatic rings. The number of nitrogens with zero attached hydrogens (tertiary/aromatic N) is 1. The van der Waals surface area contributed by atoms with Gasteiger partial charge in [0.15, 0.2) is 0 Å². The van der Waals surface area contributed by atoms with Gasteiger partial charge in [0, 0.05) is 18.6 Å². The Morgan fingerprint density at radius 1 is 1.29 bits per heavy atom. The zero-order valence-electron chi connectivity index (χ0n) is 10.3. The maximum atomic E-state index is 2.70. The molecule has 0 saturated carbocycles. The molecule has 84 valence electrons. The molecule has 2 heteroatoms. The first-order valence-corrected chi connectivity index (χ1v) is 7.20. The Kier molecular flexibility index (Phi) is 4.78. The van der Waals surface area contributed by atoms with Crippen LogP contribution in [0.1, 0.15) is 34.1 Å². The molecule has 1 nitrogen and oxygen atoms in total. The van der Waals surface area contributed by atoms with Gasteiger partial charge in [-0.2, -0.15) is 11.8 Å². The molecule has 0 amide bonds. The first-order valence-electron chi connectivity index (χ1n) is 5.81. The monoisotopic (exact) mass is 215 g/mol. The number of likely N-dealkylation sites (tertiary alicyclic amines) is 1. The molecule has 1 aliphatic heterocycles. The van der Waals surface area contributed by atoms with Gasteiger partial charge in [-0.25, -0.2) is 0 Å². The van der Waals surface area contributed by atoms with Gasteiger partial charge in [-0.05, 0) is 44.1 Å². The van der Waals surface area contributed by atoms with E-state index in [-0.39, 0.29) is 0 Å². The third-order valence-electron chi connectivity index (χ3n) is 3.31. The average molecular weight is 215 g/mol. The molecule has 0 aromatic rings. The van der Waals surface area contributed by atoms with E-state index < -0.39 is 0 Å². The highest BCUT2D eigenvalue weighted by Gasteiger charge is 2.34. The van der Waals surface area contributed by atoms with Crippen LogP contribution < -0.4 is 0 Å². The van der Waals surface area contributed by atoms with Gasteiger partial charge in [0.2, 0.25) is 0 Å². The van der Waals surface area contributed by atoms with E-state index in [1.165, 1.54) is 18.7 Å². The normalized spacial score (nSPS) is 29.4. The van der Waals surface area contributed by atoms with Gasteiger partial charge in [-0.3, -0.25) is 4.90 Å². The molecule has 2 unspecified atom stereocenters. The summed E-state index contributed by atoms with van der Waals surface area (Å²) in [5.41, 5.74) is 0. The highest BCUT2D eigenvalue weighted by atomic mass is 32.2. The fourth-order valence-electron chi connectivity index (χ4n) is 2.59. The second-order valence-corrected chi connectivity index (χ2v) is 6.07. The van der Waals surface area contributed by atoms with E-state index in [0.717, 1.165) is 17.9 Å². The van der Waals surface area contributed by atoms with Crippen LogP contribution >= 0.6 is 11.8 Å². The van der Waals surface area contributed by atoms with Gasteiger partial charge in [-0.15, -0.1) is 0 Å². The summed E-state index contributed by atoms with van der Waals surface area (Å²) in [6.07, 6.45) is 3.64. The highest BCUT2D eigenvalue weighted by Crippen LogP contribution is 2.31. The summed E-state index contributed by atoms with van der Waals surface area (Å²) in [6.45, 7) is 10.7. The van der Waals surface area contributed by atoms with Crippen LogP contribution in [-0.2, 0) is 0 Å². The van der Waals surface area contributed by atoms with E-state index in [1.54, 1.807) is 0 Å². The zero-order chi connectivity index (χ0) is 10.7. The summed E-state index contributed by atoms with van der Waals surface area (Å²) in [5.74, 6) is 3.08. The molecule has 2 atom stereocenters. The van der Waals surface area contributed by atoms with Crippen LogP contribution in [0.15, 0.2) is 0 Å². The van der Waals surface area contributed by atoms with Crippen molar-refractivity contribution in [2.45, 2.75) is 46.2 Å². The lowest BCUT2D eigenvalue weighted by atomic mass is 9.98. The summed E-state index contributed by atoms with van der Waals surface area (Å²) in [6, 6.07) is 1.54. The minimum absolute atomic E-state index is 0.717. The van der Waals surface area contributed by atoms with Crippen molar-refractivity contribution < 1.29 is 0 Å². The summed E-state index contributed by atoms with van der Waals surface area (Å²) < 4.78 is 0. The van der Waals surface area contributed by atoms with E-state index in [9.17, 15) is 0 Å². The quantitative estimate of drug-likeness (QED) is 0.709. The van der Waals surface area contributed by atoms with Crippen LogP contribution in [-0.4, -0.2) is 35.5 Å².